The van der Waals surface area contributed by atoms with Crippen molar-refractivity contribution in [1.82, 2.24) is 9.55 Å². The SMILES string of the molecule is C=CCn1c(SCC(=O)Nc2ccc(Br)cc2)nc2sc3c(c2c1=O)CCCC3. The first-order valence-corrected chi connectivity index (χ1v) is 12.0. The lowest BCUT2D eigenvalue weighted by Crippen LogP contribution is -2.24. The van der Waals surface area contributed by atoms with E-state index in [9.17, 15) is 9.59 Å². The lowest BCUT2D eigenvalue weighted by atomic mass is 9.97. The van der Waals surface area contributed by atoms with Crippen molar-refractivity contribution in [2.45, 2.75) is 37.4 Å². The molecular weight excluding hydrogens is 470 g/mol. The fraction of sp³-hybridized carbons (Fsp3) is 0.286. The number of carbonyl (C=O) groups excluding carboxylic acids is 1. The Morgan fingerprint density at radius 2 is 2.07 bits per heavy atom. The molecule has 3 aromatic rings. The Hall–Kier alpha value is -1.90. The molecule has 2 heterocycles. The zero-order valence-corrected chi connectivity index (χ0v) is 19.0. The molecule has 1 N–H and O–H groups in total. The molecule has 0 unspecified atom stereocenters. The molecule has 8 heteroatoms. The zero-order valence-electron chi connectivity index (χ0n) is 15.7. The van der Waals surface area contributed by atoms with E-state index in [0.717, 1.165) is 39.6 Å². The number of anilines is 1. The van der Waals surface area contributed by atoms with Gasteiger partial charge in [0.05, 0.1) is 11.1 Å². The Kier molecular flexibility index (Phi) is 6.22. The molecule has 0 fully saturated rings. The number of thiophene rings is 1. The third-order valence-electron chi connectivity index (χ3n) is 4.81. The second-order valence-electron chi connectivity index (χ2n) is 6.83. The van der Waals surface area contributed by atoms with Crippen molar-refractivity contribution in [2.75, 3.05) is 11.1 Å². The van der Waals surface area contributed by atoms with Gasteiger partial charge in [-0.1, -0.05) is 33.8 Å². The van der Waals surface area contributed by atoms with E-state index < -0.39 is 0 Å². The predicted octanol–water partition coefficient (Wildman–Crippen LogP) is 5.02. The molecular formula is C21H20BrN3O2S2. The van der Waals surface area contributed by atoms with Gasteiger partial charge in [0.25, 0.3) is 5.56 Å². The maximum absolute atomic E-state index is 13.2. The molecule has 2 aromatic heterocycles. The largest absolute Gasteiger partial charge is 0.325 e. The molecule has 4 rings (SSSR count). The van der Waals surface area contributed by atoms with Crippen molar-refractivity contribution in [2.24, 2.45) is 0 Å². The number of rotatable bonds is 6. The molecule has 0 radical (unpaired) electrons. The monoisotopic (exact) mass is 489 g/mol. The van der Waals surface area contributed by atoms with E-state index in [1.54, 1.807) is 22.0 Å². The Bertz CT molecular complexity index is 1140. The summed E-state index contributed by atoms with van der Waals surface area (Å²) in [5.41, 5.74) is 1.89. The van der Waals surface area contributed by atoms with Crippen LogP contribution < -0.4 is 10.9 Å². The van der Waals surface area contributed by atoms with Crippen LogP contribution in [0.4, 0.5) is 5.69 Å². The minimum absolute atomic E-state index is 0.0230. The van der Waals surface area contributed by atoms with Crippen LogP contribution in [-0.2, 0) is 24.2 Å². The first kappa shape index (κ1) is 20.4. The summed E-state index contributed by atoms with van der Waals surface area (Å²) in [6.07, 6.45) is 5.95. The van der Waals surface area contributed by atoms with Crippen LogP contribution in [0.5, 0.6) is 0 Å². The molecule has 0 spiro atoms. The summed E-state index contributed by atoms with van der Waals surface area (Å²) in [5.74, 6) is 0.0401. The van der Waals surface area contributed by atoms with Gasteiger partial charge in [-0.05, 0) is 55.5 Å². The van der Waals surface area contributed by atoms with Gasteiger partial charge in [0.2, 0.25) is 5.91 Å². The highest BCUT2D eigenvalue weighted by Gasteiger charge is 2.22. The van der Waals surface area contributed by atoms with Gasteiger partial charge in [-0.2, -0.15) is 0 Å². The summed E-state index contributed by atoms with van der Waals surface area (Å²) in [6.45, 7) is 4.15. The fourth-order valence-electron chi connectivity index (χ4n) is 3.48. The molecule has 5 nitrogen and oxygen atoms in total. The number of hydrogen-bond donors (Lipinski definition) is 1. The number of benzene rings is 1. The maximum Gasteiger partial charge on any atom is 0.263 e. The highest BCUT2D eigenvalue weighted by molar-refractivity contribution is 9.10. The third-order valence-corrected chi connectivity index (χ3v) is 7.50. The quantitative estimate of drug-likeness (QED) is 0.300. The molecule has 1 aliphatic rings. The van der Waals surface area contributed by atoms with Crippen molar-refractivity contribution in [3.8, 4) is 0 Å². The topological polar surface area (TPSA) is 64.0 Å². The van der Waals surface area contributed by atoms with Gasteiger partial charge in [-0.25, -0.2) is 4.98 Å². The molecule has 150 valence electrons. The second kappa shape index (κ2) is 8.85. The van der Waals surface area contributed by atoms with E-state index in [1.807, 2.05) is 24.3 Å². The number of halogens is 1. The number of allylic oxidation sites excluding steroid dienone is 1. The van der Waals surface area contributed by atoms with Crippen molar-refractivity contribution in [3.63, 3.8) is 0 Å². The number of amides is 1. The fourth-order valence-corrected chi connectivity index (χ4v) is 5.86. The lowest BCUT2D eigenvalue weighted by Gasteiger charge is -2.12. The zero-order chi connectivity index (χ0) is 20.4. The van der Waals surface area contributed by atoms with Crippen LogP contribution in [0.25, 0.3) is 10.2 Å². The van der Waals surface area contributed by atoms with Crippen LogP contribution >= 0.6 is 39.0 Å². The second-order valence-corrected chi connectivity index (χ2v) is 9.78. The molecule has 0 aliphatic heterocycles. The van der Waals surface area contributed by atoms with Gasteiger partial charge in [-0.3, -0.25) is 14.2 Å². The highest BCUT2D eigenvalue weighted by Crippen LogP contribution is 2.34. The van der Waals surface area contributed by atoms with Gasteiger partial charge < -0.3 is 5.32 Å². The number of carbonyl (C=O) groups is 1. The van der Waals surface area contributed by atoms with E-state index in [1.165, 1.54) is 28.6 Å². The first-order valence-electron chi connectivity index (χ1n) is 9.41. The molecule has 0 atom stereocenters. The van der Waals surface area contributed by atoms with Gasteiger partial charge in [0.15, 0.2) is 5.16 Å². The van der Waals surface area contributed by atoms with Crippen LogP contribution in [0.3, 0.4) is 0 Å². The molecule has 0 bridgehead atoms. The maximum atomic E-state index is 13.2. The molecule has 1 amide bonds. The van der Waals surface area contributed by atoms with Crippen LogP contribution in [-0.4, -0.2) is 21.2 Å². The first-order chi connectivity index (χ1) is 14.1. The van der Waals surface area contributed by atoms with Crippen LogP contribution in [0.2, 0.25) is 0 Å². The normalized spacial score (nSPS) is 13.3. The summed E-state index contributed by atoms with van der Waals surface area (Å²) < 4.78 is 2.59. The van der Waals surface area contributed by atoms with Crippen LogP contribution in [0, 0.1) is 0 Å². The predicted molar refractivity (Wildman–Crippen MR) is 124 cm³/mol. The molecule has 1 aromatic carbocycles. The smallest absolute Gasteiger partial charge is 0.263 e. The molecule has 0 saturated carbocycles. The van der Waals surface area contributed by atoms with E-state index >= 15 is 0 Å². The Balaban J connectivity index is 1.59. The molecule has 29 heavy (non-hydrogen) atoms. The van der Waals surface area contributed by atoms with E-state index in [0.29, 0.717) is 11.7 Å². The van der Waals surface area contributed by atoms with Gasteiger partial charge >= 0.3 is 0 Å². The Labute approximate surface area is 185 Å². The van der Waals surface area contributed by atoms with Crippen molar-refractivity contribution >= 4 is 60.8 Å². The van der Waals surface area contributed by atoms with Gasteiger partial charge in [0.1, 0.15) is 4.83 Å². The highest BCUT2D eigenvalue weighted by atomic mass is 79.9. The molecule has 0 saturated heterocycles. The van der Waals surface area contributed by atoms with E-state index in [-0.39, 0.29) is 17.2 Å². The number of nitrogens with one attached hydrogen (secondary N) is 1. The lowest BCUT2D eigenvalue weighted by molar-refractivity contribution is -0.113. The summed E-state index contributed by atoms with van der Waals surface area (Å²) in [4.78, 5) is 32.4. The van der Waals surface area contributed by atoms with Crippen LogP contribution in [0.1, 0.15) is 23.3 Å². The van der Waals surface area contributed by atoms with E-state index in [2.05, 4.69) is 27.8 Å². The number of aryl methyl sites for hydroxylation is 2. The minimum Gasteiger partial charge on any atom is -0.325 e. The van der Waals surface area contributed by atoms with Crippen molar-refractivity contribution in [1.29, 1.82) is 0 Å². The third kappa shape index (κ3) is 4.34. The van der Waals surface area contributed by atoms with Gasteiger partial charge in [0, 0.05) is 21.6 Å². The summed E-state index contributed by atoms with van der Waals surface area (Å²) in [5, 5.41) is 4.19. The minimum atomic E-state index is -0.137. The number of nitrogens with zero attached hydrogens (tertiary/aromatic N) is 2. The average Bonchev–Trinajstić information content (AvgIpc) is 3.09. The summed E-state index contributed by atoms with van der Waals surface area (Å²) in [6, 6.07) is 7.42. The Morgan fingerprint density at radius 1 is 1.31 bits per heavy atom. The number of thioether (sulfide) groups is 1. The standard InChI is InChI=1S/C21H20BrN3O2S2/c1-2-11-25-20(27)18-15-5-3-4-6-16(15)29-19(18)24-21(25)28-12-17(26)23-14-9-7-13(22)8-10-14/h2,7-10H,1,3-6,11-12H2,(H,23,26). The number of fused-ring (bicyclic) bond motifs is 3. The van der Waals surface area contributed by atoms with Gasteiger partial charge in [-0.15, -0.1) is 17.9 Å². The van der Waals surface area contributed by atoms with E-state index in [4.69, 9.17) is 4.98 Å². The van der Waals surface area contributed by atoms with Crippen LogP contribution in [0.15, 0.2) is 51.3 Å². The summed E-state index contributed by atoms with van der Waals surface area (Å²) in [7, 11) is 0. The molecule has 1 aliphatic carbocycles. The summed E-state index contributed by atoms with van der Waals surface area (Å²) >= 11 is 6.28. The Morgan fingerprint density at radius 3 is 2.83 bits per heavy atom. The van der Waals surface area contributed by atoms with Crippen molar-refractivity contribution < 1.29 is 4.79 Å². The number of aromatic nitrogens is 2. The average molecular weight is 490 g/mol. The van der Waals surface area contributed by atoms with Crippen molar-refractivity contribution in [3.05, 3.63) is 62.2 Å². The number of hydrogen-bond acceptors (Lipinski definition) is 5.